The van der Waals surface area contributed by atoms with Crippen LogP contribution in [0.5, 0.6) is 0 Å². The summed E-state index contributed by atoms with van der Waals surface area (Å²) in [4.78, 5) is 28.2. The highest BCUT2D eigenvalue weighted by Gasteiger charge is 2.52. The van der Waals surface area contributed by atoms with E-state index in [1.54, 1.807) is 0 Å². The smallest absolute Gasteiger partial charge is 0.234 e. The minimum absolute atomic E-state index is 0.158. The molecule has 3 heterocycles. The molecule has 5 nitrogen and oxygen atoms in total. The Morgan fingerprint density at radius 3 is 2.19 bits per heavy atom. The lowest BCUT2D eigenvalue weighted by atomic mass is 9.72. The largest absolute Gasteiger partial charge is 0.370 e. The Morgan fingerprint density at radius 2 is 1.65 bits per heavy atom. The number of nitrogens with zero attached hydrogens (tertiary/aromatic N) is 2. The molecule has 1 atom stereocenters. The zero-order chi connectivity index (χ0) is 18.9. The fourth-order valence-corrected chi connectivity index (χ4v) is 4.26. The first kappa shape index (κ1) is 18.9. The Kier molecular flexibility index (Phi) is 5.37. The normalized spacial score (nSPS) is 24.5. The van der Waals surface area contributed by atoms with Crippen LogP contribution in [0.1, 0.15) is 52.0 Å². The first-order chi connectivity index (χ1) is 12.5. The van der Waals surface area contributed by atoms with Crippen molar-refractivity contribution >= 4 is 17.5 Å². The lowest BCUT2D eigenvalue weighted by Gasteiger charge is -2.62. The third-order valence-corrected chi connectivity index (χ3v) is 5.76. The van der Waals surface area contributed by atoms with Crippen molar-refractivity contribution in [3.05, 3.63) is 29.8 Å². The second-order valence-corrected chi connectivity index (χ2v) is 7.95. The van der Waals surface area contributed by atoms with E-state index in [0.29, 0.717) is 24.3 Å². The van der Waals surface area contributed by atoms with Crippen LogP contribution in [0.4, 0.5) is 5.69 Å². The van der Waals surface area contributed by atoms with Crippen LogP contribution in [0, 0.1) is 5.41 Å². The predicted octanol–water partition coefficient (Wildman–Crippen LogP) is 2.76. The van der Waals surface area contributed by atoms with Gasteiger partial charge in [-0.15, -0.1) is 0 Å². The Hall–Kier alpha value is -1.88. The lowest BCUT2D eigenvalue weighted by Crippen LogP contribution is -2.73. The molecule has 0 aromatic heterocycles. The van der Waals surface area contributed by atoms with Gasteiger partial charge in [0.05, 0.1) is 5.92 Å². The number of amides is 2. The summed E-state index contributed by atoms with van der Waals surface area (Å²) in [5.41, 5.74) is 2.75. The molecule has 26 heavy (non-hydrogen) atoms. The van der Waals surface area contributed by atoms with Crippen molar-refractivity contribution in [2.45, 2.75) is 52.5 Å². The lowest BCUT2D eigenvalue weighted by molar-refractivity contribution is -0.134. The van der Waals surface area contributed by atoms with Gasteiger partial charge in [-0.2, -0.15) is 0 Å². The molecule has 1 aromatic rings. The highest BCUT2D eigenvalue weighted by molar-refractivity contribution is 6.00. The predicted molar refractivity (Wildman–Crippen MR) is 104 cm³/mol. The molecule has 0 saturated carbocycles. The maximum atomic E-state index is 12.0. The van der Waals surface area contributed by atoms with Crippen LogP contribution in [0.3, 0.4) is 0 Å². The number of carbonyl (C=O) groups excluding carboxylic acids is 2. The number of hydrogen-bond donors (Lipinski definition) is 1. The first-order valence-electron chi connectivity index (χ1n) is 9.88. The van der Waals surface area contributed by atoms with Crippen molar-refractivity contribution in [3.63, 3.8) is 0 Å². The zero-order valence-corrected chi connectivity index (χ0v) is 16.4. The van der Waals surface area contributed by atoms with Crippen LogP contribution >= 0.6 is 0 Å². The van der Waals surface area contributed by atoms with Crippen molar-refractivity contribution < 1.29 is 9.59 Å². The topological polar surface area (TPSA) is 52.6 Å². The van der Waals surface area contributed by atoms with Crippen molar-refractivity contribution in [2.24, 2.45) is 5.41 Å². The number of rotatable bonds is 3. The van der Waals surface area contributed by atoms with Crippen LogP contribution in [-0.2, 0) is 9.59 Å². The molecule has 5 heteroatoms. The molecule has 3 saturated heterocycles. The molecule has 3 fully saturated rings. The van der Waals surface area contributed by atoms with Crippen LogP contribution in [-0.4, -0.2) is 48.9 Å². The van der Waals surface area contributed by atoms with Gasteiger partial charge in [0.1, 0.15) is 0 Å². The number of imide groups is 1. The average Bonchev–Trinajstić information content (AvgIpc) is 2.55. The molecule has 1 aromatic carbocycles. The minimum Gasteiger partial charge on any atom is -0.370 e. The number of piperidine rings is 1. The second-order valence-electron chi connectivity index (χ2n) is 7.95. The van der Waals surface area contributed by atoms with Gasteiger partial charge in [-0.05, 0) is 38.0 Å². The third kappa shape index (κ3) is 3.50. The summed E-state index contributed by atoms with van der Waals surface area (Å²) in [6.07, 6.45) is 1.04. The number of nitrogens with one attached hydrogen (secondary N) is 1. The Balaban J connectivity index is 0.000000948. The Labute approximate surface area is 156 Å². The Morgan fingerprint density at radius 1 is 1.04 bits per heavy atom. The molecule has 1 spiro atoms. The number of benzene rings is 1. The summed E-state index contributed by atoms with van der Waals surface area (Å²) in [6.45, 7) is 13.2. The van der Waals surface area contributed by atoms with Crippen LogP contribution < -0.4 is 10.2 Å². The van der Waals surface area contributed by atoms with Crippen molar-refractivity contribution in [2.75, 3.05) is 31.1 Å². The SMILES string of the molecule is CC.CC(C)N1CC2(CN(c3ccc(C4CCC(=O)NC4=O)cc3)C2)C1. The molecule has 142 valence electrons. The van der Waals surface area contributed by atoms with Gasteiger partial charge in [-0.1, -0.05) is 26.0 Å². The number of hydrogen-bond acceptors (Lipinski definition) is 4. The summed E-state index contributed by atoms with van der Waals surface area (Å²) >= 11 is 0. The molecule has 1 unspecified atom stereocenters. The summed E-state index contributed by atoms with van der Waals surface area (Å²) in [6, 6.07) is 8.97. The molecule has 0 aliphatic carbocycles. The molecular weight excluding hydrogens is 326 g/mol. The van der Waals surface area contributed by atoms with E-state index < -0.39 is 0 Å². The van der Waals surface area contributed by atoms with Crippen LogP contribution in [0.2, 0.25) is 0 Å². The molecule has 2 amide bonds. The summed E-state index contributed by atoms with van der Waals surface area (Å²) in [7, 11) is 0. The van der Waals surface area contributed by atoms with Gasteiger partial charge in [-0.3, -0.25) is 19.8 Å². The van der Waals surface area contributed by atoms with E-state index >= 15 is 0 Å². The molecule has 3 aliphatic heterocycles. The van der Waals surface area contributed by atoms with E-state index in [0.717, 1.165) is 18.7 Å². The maximum Gasteiger partial charge on any atom is 0.234 e. The molecule has 3 aliphatic rings. The van der Waals surface area contributed by atoms with Gasteiger partial charge in [-0.25, -0.2) is 0 Å². The van der Waals surface area contributed by atoms with Crippen LogP contribution in [0.15, 0.2) is 24.3 Å². The van der Waals surface area contributed by atoms with E-state index in [2.05, 4.69) is 41.1 Å². The van der Waals surface area contributed by atoms with Crippen molar-refractivity contribution in [1.82, 2.24) is 10.2 Å². The van der Waals surface area contributed by atoms with Crippen molar-refractivity contribution in [1.29, 1.82) is 0 Å². The molecule has 4 rings (SSSR count). The zero-order valence-electron chi connectivity index (χ0n) is 16.4. The minimum atomic E-state index is -0.189. The van der Waals surface area contributed by atoms with Crippen molar-refractivity contribution in [3.8, 4) is 0 Å². The number of likely N-dealkylation sites (tertiary alicyclic amines) is 1. The van der Waals surface area contributed by atoms with E-state index in [1.165, 1.54) is 18.8 Å². The summed E-state index contributed by atoms with van der Waals surface area (Å²) in [5.74, 6) is -0.509. The first-order valence-corrected chi connectivity index (χ1v) is 9.88. The average molecular weight is 357 g/mol. The van der Waals surface area contributed by atoms with Gasteiger partial charge in [0.2, 0.25) is 11.8 Å². The van der Waals surface area contributed by atoms with Gasteiger partial charge in [0, 0.05) is 49.7 Å². The fourth-order valence-electron chi connectivity index (χ4n) is 4.26. The highest BCUT2D eigenvalue weighted by atomic mass is 16.2. The quantitative estimate of drug-likeness (QED) is 0.845. The Bertz CT molecular complexity index is 654. The van der Waals surface area contributed by atoms with Gasteiger partial charge in [0.15, 0.2) is 0 Å². The van der Waals surface area contributed by atoms with Gasteiger partial charge < -0.3 is 4.90 Å². The maximum absolute atomic E-state index is 12.0. The summed E-state index contributed by atoms with van der Waals surface area (Å²) in [5, 5.41) is 2.43. The van der Waals surface area contributed by atoms with Gasteiger partial charge >= 0.3 is 0 Å². The number of carbonyl (C=O) groups is 2. The molecule has 1 N–H and O–H groups in total. The number of anilines is 1. The van der Waals surface area contributed by atoms with E-state index in [-0.39, 0.29) is 17.7 Å². The molecular formula is C21H31N3O2. The highest BCUT2D eigenvalue weighted by Crippen LogP contribution is 2.42. The van der Waals surface area contributed by atoms with E-state index in [9.17, 15) is 9.59 Å². The summed E-state index contributed by atoms with van der Waals surface area (Å²) < 4.78 is 0. The van der Waals surface area contributed by atoms with E-state index in [1.807, 2.05) is 26.0 Å². The third-order valence-electron chi connectivity index (χ3n) is 5.76. The monoisotopic (exact) mass is 357 g/mol. The van der Waals surface area contributed by atoms with E-state index in [4.69, 9.17) is 0 Å². The molecule has 0 bridgehead atoms. The fraction of sp³-hybridized carbons (Fsp3) is 0.619. The molecule has 0 radical (unpaired) electrons. The standard InChI is InChI=1S/C19H25N3O2.C2H6/c1-13(2)21-9-19(10-21)11-22(12-19)15-5-3-14(4-6-15)16-7-8-17(23)20-18(16)24;1-2/h3-6,13,16H,7-12H2,1-2H3,(H,20,23,24);1-2H3. The second kappa shape index (κ2) is 7.39. The van der Waals surface area contributed by atoms with Crippen LogP contribution in [0.25, 0.3) is 0 Å². The van der Waals surface area contributed by atoms with Gasteiger partial charge in [0.25, 0.3) is 0 Å².